The lowest BCUT2D eigenvalue weighted by Gasteiger charge is -2.30. The van der Waals surface area contributed by atoms with E-state index < -0.39 is 24.2 Å². The molecule has 1 saturated heterocycles. The van der Waals surface area contributed by atoms with Crippen molar-refractivity contribution in [1.82, 2.24) is 4.90 Å². The van der Waals surface area contributed by atoms with Gasteiger partial charge in [0.05, 0.1) is 13.1 Å². The first kappa shape index (κ1) is 12.3. The zero-order valence-electron chi connectivity index (χ0n) is 8.30. The van der Waals surface area contributed by atoms with E-state index in [2.05, 4.69) is 4.74 Å². The molecule has 7 heteroatoms. The van der Waals surface area contributed by atoms with Crippen LogP contribution in [0.4, 0.5) is 13.2 Å². The van der Waals surface area contributed by atoms with Crippen LogP contribution >= 0.6 is 0 Å². The van der Waals surface area contributed by atoms with Crippen LogP contribution in [0.1, 0.15) is 6.42 Å². The Bertz CT molecular complexity index is 257. The monoisotopic (exact) mass is 226 g/mol. The van der Waals surface area contributed by atoms with Crippen LogP contribution in [0.3, 0.4) is 0 Å². The van der Waals surface area contributed by atoms with E-state index in [4.69, 9.17) is 5.73 Å². The molecule has 4 nitrogen and oxygen atoms in total. The Kier molecular flexibility index (Phi) is 3.25. The largest absolute Gasteiger partial charge is 0.419 e. The van der Waals surface area contributed by atoms with Crippen molar-refractivity contribution in [1.29, 1.82) is 0 Å². The number of nitrogens with two attached hydrogens (primary N) is 1. The Morgan fingerprint density at radius 1 is 1.60 bits per heavy atom. The van der Waals surface area contributed by atoms with Crippen molar-refractivity contribution in [3.63, 3.8) is 0 Å². The van der Waals surface area contributed by atoms with Crippen LogP contribution in [0.15, 0.2) is 0 Å². The molecule has 0 aromatic heterocycles. The lowest BCUT2D eigenvalue weighted by atomic mass is 10.0. The van der Waals surface area contributed by atoms with E-state index in [0.29, 0.717) is 0 Å². The zero-order chi connectivity index (χ0) is 11.7. The fraction of sp³-hybridized carbons (Fsp3) is 0.875. The number of nitrogens with zero attached hydrogens (tertiary/aromatic N) is 1. The van der Waals surface area contributed by atoms with Crippen molar-refractivity contribution in [2.24, 2.45) is 5.73 Å². The lowest BCUT2D eigenvalue weighted by Crippen LogP contribution is -2.50. The van der Waals surface area contributed by atoms with E-state index in [-0.39, 0.29) is 19.5 Å². The Morgan fingerprint density at radius 2 is 2.20 bits per heavy atom. The maximum atomic E-state index is 12.7. The Hall–Kier alpha value is -0.820. The first-order valence-electron chi connectivity index (χ1n) is 4.46. The van der Waals surface area contributed by atoms with E-state index in [9.17, 15) is 18.0 Å². The number of carbonyl (C=O) groups is 1. The summed E-state index contributed by atoms with van der Waals surface area (Å²) < 4.78 is 42.5. The molecule has 0 spiro atoms. The third kappa shape index (κ3) is 2.07. The molecule has 15 heavy (non-hydrogen) atoms. The van der Waals surface area contributed by atoms with Gasteiger partial charge in [-0.3, -0.25) is 4.79 Å². The van der Waals surface area contributed by atoms with Gasteiger partial charge in [0.1, 0.15) is 0 Å². The summed E-state index contributed by atoms with van der Waals surface area (Å²) in [7, 11) is 1.00. The van der Waals surface area contributed by atoms with E-state index in [0.717, 1.165) is 12.0 Å². The van der Waals surface area contributed by atoms with Crippen LogP contribution in [0.5, 0.6) is 0 Å². The van der Waals surface area contributed by atoms with Gasteiger partial charge in [-0.05, 0) is 0 Å². The summed E-state index contributed by atoms with van der Waals surface area (Å²) in [5.41, 5.74) is 2.85. The van der Waals surface area contributed by atoms with Gasteiger partial charge in [-0.15, -0.1) is 0 Å². The molecule has 0 aliphatic carbocycles. The number of carbonyl (C=O) groups excluding carboxylic acids is 1. The van der Waals surface area contributed by atoms with Gasteiger partial charge >= 0.3 is 6.18 Å². The van der Waals surface area contributed by atoms with Crippen LogP contribution in [0, 0.1) is 0 Å². The maximum Gasteiger partial charge on any atom is 0.419 e. The SMILES string of the molecule is CO[C@@]1(C(F)(F)F)CCN(C(=O)CN)C1. The Morgan fingerprint density at radius 3 is 2.53 bits per heavy atom. The molecule has 0 aromatic rings. The number of halogens is 3. The number of hydrogen-bond donors (Lipinski definition) is 1. The summed E-state index contributed by atoms with van der Waals surface area (Å²) in [5.74, 6) is -0.488. The molecule has 1 amide bonds. The fourth-order valence-electron chi connectivity index (χ4n) is 1.64. The highest BCUT2D eigenvalue weighted by molar-refractivity contribution is 5.78. The van der Waals surface area contributed by atoms with E-state index in [1.54, 1.807) is 0 Å². The van der Waals surface area contributed by atoms with Gasteiger partial charge in [-0.2, -0.15) is 13.2 Å². The normalized spacial score (nSPS) is 27.1. The van der Waals surface area contributed by atoms with Gasteiger partial charge in [-0.1, -0.05) is 0 Å². The Balaban J connectivity index is 2.78. The standard InChI is InChI=1S/C8H13F3N2O2/c1-15-7(8(9,10)11)2-3-13(5-7)6(14)4-12/h2-5,12H2,1H3/t7-/m0/s1. The number of methoxy groups -OCH3 is 1. The van der Waals surface area contributed by atoms with Crippen molar-refractivity contribution >= 4 is 5.91 Å². The van der Waals surface area contributed by atoms with Gasteiger partial charge < -0.3 is 15.4 Å². The molecule has 1 aliphatic rings. The number of rotatable bonds is 2. The number of likely N-dealkylation sites (tertiary alicyclic amines) is 1. The van der Waals surface area contributed by atoms with Crippen molar-refractivity contribution in [2.45, 2.75) is 18.2 Å². The quantitative estimate of drug-likeness (QED) is 0.727. The summed E-state index contributed by atoms with van der Waals surface area (Å²) in [4.78, 5) is 12.2. The van der Waals surface area contributed by atoms with Crippen LogP contribution in [0.2, 0.25) is 0 Å². The first-order valence-corrected chi connectivity index (χ1v) is 4.46. The highest BCUT2D eigenvalue weighted by Gasteiger charge is 2.59. The van der Waals surface area contributed by atoms with Gasteiger partial charge in [-0.25, -0.2) is 0 Å². The van der Waals surface area contributed by atoms with Crippen molar-refractivity contribution in [3.05, 3.63) is 0 Å². The molecule has 0 saturated carbocycles. The fourth-order valence-corrected chi connectivity index (χ4v) is 1.64. The summed E-state index contributed by atoms with van der Waals surface area (Å²) in [6.07, 6.45) is -4.70. The van der Waals surface area contributed by atoms with Crippen molar-refractivity contribution in [2.75, 3.05) is 26.7 Å². The molecule has 0 aromatic carbocycles. The van der Waals surface area contributed by atoms with Crippen LogP contribution < -0.4 is 5.73 Å². The van der Waals surface area contributed by atoms with Gasteiger partial charge in [0.25, 0.3) is 0 Å². The minimum absolute atomic E-state index is 0.0311. The summed E-state index contributed by atoms with van der Waals surface area (Å²) in [5, 5.41) is 0. The molecule has 0 bridgehead atoms. The molecule has 1 aliphatic heterocycles. The number of ether oxygens (including phenoxy) is 1. The van der Waals surface area contributed by atoms with Crippen molar-refractivity contribution < 1.29 is 22.7 Å². The molecule has 0 radical (unpaired) electrons. The number of hydrogen-bond acceptors (Lipinski definition) is 3. The second-order valence-electron chi connectivity index (χ2n) is 3.47. The molecular weight excluding hydrogens is 213 g/mol. The molecule has 88 valence electrons. The highest BCUT2D eigenvalue weighted by Crippen LogP contribution is 2.40. The van der Waals surface area contributed by atoms with E-state index >= 15 is 0 Å². The van der Waals surface area contributed by atoms with Gasteiger partial charge in [0.15, 0.2) is 5.60 Å². The molecule has 0 unspecified atom stereocenters. The first-order chi connectivity index (χ1) is 6.86. The second-order valence-corrected chi connectivity index (χ2v) is 3.47. The molecule has 1 fully saturated rings. The second kappa shape index (κ2) is 3.97. The van der Waals surface area contributed by atoms with Gasteiger partial charge in [0, 0.05) is 20.1 Å². The highest BCUT2D eigenvalue weighted by atomic mass is 19.4. The maximum absolute atomic E-state index is 12.7. The smallest absolute Gasteiger partial charge is 0.367 e. The molecular formula is C8H13F3N2O2. The molecule has 2 N–H and O–H groups in total. The Labute approximate surface area is 85.2 Å². The predicted molar refractivity (Wildman–Crippen MR) is 46.0 cm³/mol. The predicted octanol–water partition coefficient (Wildman–Crippen LogP) is 0.125. The van der Waals surface area contributed by atoms with Crippen LogP contribution in [0.25, 0.3) is 0 Å². The molecule has 1 atom stereocenters. The minimum atomic E-state index is -4.47. The average molecular weight is 226 g/mol. The molecule has 1 heterocycles. The number of alkyl halides is 3. The minimum Gasteiger partial charge on any atom is -0.367 e. The third-order valence-electron chi connectivity index (χ3n) is 2.67. The van der Waals surface area contributed by atoms with E-state index in [1.165, 1.54) is 0 Å². The van der Waals surface area contributed by atoms with Gasteiger partial charge in [0.2, 0.25) is 5.91 Å². The van der Waals surface area contributed by atoms with Crippen molar-refractivity contribution in [3.8, 4) is 0 Å². The van der Waals surface area contributed by atoms with Crippen LogP contribution in [-0.2, 0) is 9.53 Å². The summed E-state index contributed by atoms with van der Waals surface area (Å²) in [6.45, 7) is -0.718. The lowest BCUT2D eigenvalue weighted by molar-refractivity contribution is -0.263. The van der Waals surface area contributed by atoms with Crippen LogP contribution in [-0.4, -0.2) is 49.3 Å². The topological polar surface area (TPSA) is 55.6 Å². The van der Waals surface area contributed by atoms with E-state index in [1.807, 2.05) is 0 Å². The summed E-state index contributed by atoms with van der Waals surface area (Å²) in [6, 6.07) is 0. The zero-order valence-corrected chi connectivity index (χ0v) is 8.30. The summed E-state index contributed by atoms with van der Waals surface area (Å²) >= 11 is 0. The number of amides is 1. The third-order valence-corrected chi connectivity index (χ3v) is 2.67. The average Bonchev–Trinajstić information content (AvgIpc) is 2.61. The molecule has 1 rings (SSSR count).